The van der Waals surface area contributed by atoms with Crippen molar-refractivity contribution in [3.05, 3.63) is 40.1 Å². The first-order valence-corrected chi connectivity index (χ1v) is 8.34. The molecular formula is C18H30IN5O. The Morgan fingerprint density at radius 3 is 2.48 bits per heavy atom. The molecule has 2 aromatic heterocycles. The van der Waals surface area contributed by atoms with Crippen LogP contribution in [0.15, 0.2) is 15.5 Å². The lowest BCUT2D eigenvalue weighted by Gasteiger charge is -2.18. The third-order valence-electron chi connectivity index (χ3n) is 4.37. The molecule has 6 nitrogen and oxygen atoms in total. The third-order valence-corrected chi connectivity index (χ3v) is 4.37. The average Bonchev–Trinajstić information content (AvgIpc) is 2.96. The van der Waals surface area contributed by atoms with E-state index in [9.17, 15) is 0 Å². The molecule has 0 bridgehead atoms. The monoisotopic (exact) mass is 459 g/mol. The molecule has 2 rings (SSSR count). The zero-order valence-corrected chi connectivity index (χ0v) is 18.6. The number of hydrogen-bond acceptors (Lipinski definition) is 3. The van der Waals surface area contributed by atoms with E-state index in [1.807, 2.05) is 25.6 Å². The molecule has 0 aliphatic rings. The van der Waals surface area contributed by atoms with Gasteiger partial charge in [0.05, 0.1) is 5.69 Å². The zero-order valence-electron chi connectivity index (χ0n) is 16.2. The quantitative estimate of drug-likeness (QED) is 0.410. The van der Waals surface area contributed by atoms with E-state index in [0.717, 1.165) is 35.2 Å². The van der Waals surface area contributed by atoms with E-state index in [4.69, 9.17) is 4.42 Å². The van der Waals surface area contributed by atoms with Crippen molar-refractivity contribution in [2.75, 3.05) is 7.05 Å². The number of nitrogens with zero attached hydrogens (tertiary/aromatic N) is 3. The normalized spacial score (nSPS) is 12.7. The Kier molecular flexibility index (Phi) is 7.98. The number of aryl methyl sites for hydroxylation is 4. The molecule has 2 aromatic rings. The van der Waals surface area contributed by atoms with Gasteiger partial charge in [0.15, 0.2) is 5.96 Å². The van der Waals surface area contributed by atoms with Gasteiger partial charge in [-0.3, -0.25) is 9.67 Å². The fourth-order valence-corrected chi connectivity index (χ4v) is 2.94. The number of nitrogens with one attached hydrogen (secondary N) is 2. The SMILES string of the molecule is CN=C(NCc1cc(C)oc1C)NC(C)Cc1c(C)nn(C)c1C.I. The molecule has 0 radical (unpaired) electrons. The topological polar surface area (TPSA) is 67.4 Å². The van der Waals surface area contributed by atoms with Gasteiger partial charge in [0, 0.05) is 37.9 Å². The maximum absolute atomic E-state index is 5.56. The maximum atomic E-state index is 5.56. The summed E-state index contributed by atoms with van der Waals surface area (Å²) in [5.74, 6) is 2.67. The molecule has 0 fully saturated rings. The van der Waals surface area contributed by atoms with Crippen LogP contribution >= 0.6 is 24.0 Å². The van der Waals surface area contributed by atoms with Crippen LogP contribution in [-0.4, -0.2) is 28.8 Å². The van der Waals surface area contributed by atoms with Gasteiger partial charge in [-0.1, -0.05) is 0 Å². The summed E-state index contributed by atoms with van der Waals surface area (Å²) >= 11 is 0. The van der Waals surface area contributed by atoms with E-state index in [2.05, 4.69) is 47.6 Å². The Morgan fingerprint density at radius 2 is 2.00 bits per heavy atom. The van der Waals surface area contributed by atoms with Crippen LogP contribution in [0.25, 0.3) is 0 Å². The smallest absolute Gasteiger partial charge is 0.191 e. The van der Waals surface area contributed by atoms with Crippen molar-refractivity contribution in [3.63, 3.8) is 0 Å². The van der Waals surface area contributed by atoms with Crippen molar-refractivity contribution in [2.45, 2.75) is 53.6 Å². The first-order valence-electron chi connectivity index (χ1n) is 8.34. The van der Waals surface area contributed by atoms with Crippen LogP contribution in [-0.2, 0) is 20.0 Å². The lowest BCUT2D eigenvalue weighted by molar-refractivity contribution is 0.500. The van der Waals surface area contributed by atoms with Crippen LogP contribution in [0.3, 0.4) is 0 Å². The summed E-state index contributed by atoms with van der Waals surface area (Å²) in [6.45, 7) is 11.0. The molecule has 0 aromatic carbocycles. The van der Waals surface area contributed by atoms with Gasteiger partial charge in [0.25, 0.3) is 0 Å². The fourth-order valence-electron chi connectivity index (χ4n) is 2.94. The summed E-state index contributed by atoms with van der Waals surface area (Å²) in [5, 5.41) is 11.3. The molecule has 0 amide bonds. The summed E-state index contributed by atoms with van der Waals surface area (Å²) < 4.78 is 7.50. The maximum Gasteiger partial charge on any atom is 0.191 e. The Morgan fingerprint density at radius 1 is 1.32 bits per heavy atom. The van der Waals surface area contributed by atoms with Gasteiger partial charge in [-0.05, 0) is 52.7 Å². The number of hydrogen-bond donors (Lipinski definition) is 2. The second-order valence-electron chi connectivity index (χ2n) is 6.39. The molecule has 1 unspecified atom stereocenters. The molecule has 0 saturated carbocycles. The Hall–Kier alpha value is -1.51. The molecule has 140 valence electrons. The van der Waals surface area contributed by atoms with E-state index in [0.29, 0.717) is 6.54 Å². The van der Waals surface area contributed by atoms with Crippen LogP contribution in [0.5, 0.6) is 0 Å². The standard InChI is InChI=1S/C18H29N5O.HI/c1-11(8-17-13(3)22-23(7)14(17)4)21-18(19-6)20-10-16-9-12(2)24-15(16)5;/h9,11H,8,10H2,1-7H3,(H2,19,20,21);1H. The molecule has 0 aliphatic carbocycles. The van der Waals surface area contributed by atoms with Crippen molar-refractivity contribution < 1.29 is 4.42 Å². The van der Waals surface area contributed by atoms with Crippen LogP contribution in [0.4, 0.5) is 0 Å². The fraction of sp³-hybridized carbons (Fsp3) is 0.556. The zero-order chi connectivity index (χ0) is 17.9. The van der Waals surface area contributed by atoms with Gasteiger partial charge in [-0.25, -0.2) is 0 Å². The van der Waals surface area contributed by atoms with Gasteiger partial charge in [0.1, 0.15) is 11.5 Å². The van der Waals surface area contributed by atoms with Gasteiger partial charge in [0.2, 0.25) is 0 Å². The van der Waals surface area contributed by atoms with Crippen LogP contribution in [0, 0.1) is 27.7 Å². The highest BCUT2D eigenvalue weighted by molar-refractivity contribution is 14.0. The molecule has 0 saturated heterocycles. The highest BCUT2D eigenvalue weighted by Crippen LogP contribution is 2.15. The Bertz CT molecular complexity index is 732. The molecule has 0 spiro atoms. The summed E-state index contributed by atoms with van der Waals surface area (Å²) in [4.78, 5) is 4.31. The second kappa shape index (κ2) is 9.26. The minimum Gasteiger partial charge on any atom is -0.466 e. The molecule has 2 heterocycles. The van der Waals surface area contributed by atoms with E-state index in [-0.39, 0.29) is 30.0 Å². The molecule has 0 aliphatic heterocycles. The summed E-state index contributed by atoms with van der Waals surface area (Å²) in [6.07, 6.45) is 0.913. The summed E-state index contributed by atoms with van der Waals surface area (Å²) in [5.41, 5.74) is 4.76. The molecular weight excluding hydrogens is 429 g/mol. The van der Waals surface area contributed by atoms with Crippen molar-refractivity contribution >= 4 is 29.9 Å². The lowest BCUT2D eigenvalue weighted by Crippen LogP contribution is -2.42. The third kappa shape index (κ3) is 5.49. The highest BCUT2D eigenvalue weighted by atomic mass is 127. The largest absolute Gasteiger partial charge is 0.466 e. The Labute approximate surface area is 167 Å². The van der Waals surface area contributed by atoms with Gasteiger partial charge >= 0.3 is 0 Å². The number of guanidine groups is 1. The highest BCUT2D eigenvalue weighted by Gasteiger charge is 2.14. The molecule has 25 heavy (non-hydrogen) atoms. The van der Waals surface area contributed by atoms with Crippen LogP contribution in [0.2, 0.25) is 0 Å². The first kappa shape index (κ1) is 21.5. The predicted molar refractivity (Wildman–Crippen MR) is 113 cm³/mol. The summed E-state index contributed by atoms with van der Waals surface area (Å²) in [6, 6.07) is 2.31. The van der Waals surface area contributed by atoms with E-state index in [1.165, 1.54) is 11.3 Å². The van der Waals surface area contributed by atoms with Crippen LogP contribution < -0.4 is 10.6 Å². The average molecular weight is 459 g/mol. The van der Waals surface area contributed by atoms with Crippen molar-refractivity contribution in [2.24, 2.45) is 12.0 Å². The lowest BCUT2D eigenvalue weighted by atomic mass is 10.1. The van der Waals surface area contributed by atoms with E-state index < -0.39 is 0 Å². The van der Waals surface area contributed by atoms with Gasteiger partial charge in [-0.15, -0.1) is 24.0 Å². The second-order valence-corrected chi connectivity index (χ2v) is 6.39. The summed E-state index contributed by atoms with van der Waals surface area (Å²) in [7, 11) is 3.77. The molecule has 7 heteroatoms. The van der Waals surface area contributed by atoms with E-state index >= 15 is 0 Å². The minimum absolute atomic E-state index is 0. The number of rotatable bonds is 5. The molecule has 2 N–H and O–H groups in total. The van der Waals surface area contributed by atoms with Crippen molar-refractivity contribution in [3.8, 4) is 0 Å². The number of aromatic nitrogens is 2. The first-order chi connectivity index (χ1) is 11.3. The van der Waals surface area contributed by atoms with Gasteiger partial charge < -0.3 is 15.1 Å². The van der Waals surface area contributed by atoms with Crippen LogP contribution in [0.1, 0.15) is 41.0 Å². The number of halogens is 1. The number of furan rings is 1. The van der Waals surface area contributed by atoms with Crippen molar-refractivity contribution in [1.82, 2.24) is 20.4 Å². The predicted octanol–water partition coefficient (Wildman–Crippen LogP) is 3.16. The minimum atomic E-state index is 0. The van der Waals surface area contributed by atoms with E-state index in [1.54, 1.807) is 7.05 Å². The molecule has 1 atom stereocenters. The Balaban J connectivity index is 0.00000312. The van der Waals surface area contributed by atoms with Gasteiger partial charge in [-0.2, -0.15) is 5.10 Å². The number of aliphatic imine (C=N–C) groups is 1. The van der Waals surface area contributed by atoms with Crippen molar-refractivity contribution in [1.29, 1.82) is 0 Å².